The number of carbonyl (C=O) groups is 1. The minimum absolute atomic E-state index is 0.0930. The average Bonchev–Trinajstić information content (AvgIpc) is 3.28. The first-order valence-electron chi connectivity index (χ1n) is 8.86. The first-order valence-corrected chi connectivity index (χ1v) is 12.6. The Morgan fingerprint density at radius 2 is 1.96 bits per heavy atom. The van der Waals surface area contributed by atoms with E-state index in [0.29, 0.717) is 6.54 Å². The van der Waals surface area contributed by atoms with E-state index in [1.54, 1.807) is 0 Å². The number of halogens is 1. The van der Waals surface area contributed by atoms with Crippen molar-refractivity contribution in [3.63, 3.8) is 0 Å². The maximum absolute atomic E-state index is 12.8. The molecular weight excluding hydrogens is 382 g/mol. The summed E-state index contributed by atoms with van der Waals surface area (Å²) in [4.78, 5) is 14.8. The van der Waals surface area contributed by atoms with E-state index >= 15 is 0 Å². The van der Waals surface area contributed by atoms with E-state index in [1.165, 1.54) is 5.56 Å². The molecule has 1 heterocycles. The summed E-state index contributed by atoms with van der Waals surface area (Å²) in [5.41, 5.74) is 2.29. The lowest BCUT2D eigenvalue weighted by molar-refractivity contribution is -0.120. The van der Waals surface area contributed by atoms with Gasteiger partial charge in [0.25, 0.3) is 0 Å². The third kappa shape index (κ3) is 3.63. The van der Waals surface area contributed by atoms with Crippen molar-refractivity contribution >= 4 is 35.8 Å². The molecule has 3 rings (SSSR count). The van der Waals surface area contributed by atoms with Gasteiger partial charge in [0.15, 0.2) is 8.32 Å². The first kappa shape index (κ1) is 18.1. The van der Waals surface area contributed by atoms with Gasteiger partial charge in [0, 0.05) is 22.5 Å². The van der Waals surface area contributed by atoms with Crippen LogP contribution in [0.25, 0.3) is 0 Å². The Morgan fingerprint density at radius 3 is 2.54 bits per heavy atom. The molecule has 1 atom stereocenters. The van der Waals surface area contributed by atoms with Crippen LogP contribution in [0.4, 0.5) is 5.69 Å². The number of carbonyl (C=O) groups excluding carboxylic acids is 1. The summed E-state index contributed by atoms with van der Waals surface area (Å²) >= 11 is 3.57. The van der Waals surface area contributed by atoms with Gasteiger partial charge in [0.2, 0.25) is 5.91 Å². The summed E-state index contributed by atoms with van der Waals surface area (Å²) in [6.45, 7) is 12.1. The van der Waals surface area contributed by atoms with E-state index in [9.17, 15) is 4.79 Å². The van der Waals surface area contributed by atoms with Crippen LogP contribution in [0.1, 0.15) is 39.2 Å². The molecule has 0 radical (unpaired) electrons. The second-order valence-electron chi connectivity index (χ2n) is 8.70. The van der Waals surface area contributed by atoms with Crippen LogP contribution in [0.15, 0.2) is 22.7 Å². The zero-order valence-electron chi connectivity index (χ0n) is 15.4. The molecule has 2 aliphatic rings. The van der Waals surface area contributed by atoms with Crippen molar-refractivity contribution in [1.82, 2.24) is 0 Å². The van der Waals surface area contributed by atoms with Gasteiger partial charge in [-0.3, -0.25) is 4.79 Å². The summed E-state index contributed by atoms with van der Waals surface area (Å²) in [6, 6.07) is 6.24. The Hall–Kier alpha value is -0.653. The number of hydrogen-bond donors (Lipinski definition) is 0. The van der Waals surface area contributed by atoms with Gasteiger partial charge < -0.3 is 9.33 Å². The highest BCUT2D eigenvalue weighted by atomic mass is 79.9. The fraction of sp³-hybridized carbons (Fsp3) is 0.632. The molecule has 0 aromatic heterocycles. The molecule has 1 saturated carbocycles. The van der Waals surface area contributed by atoms with Gasteiger partial charge in [-0.25, -0.2) is 0 Å². The van der Waals surface area contributed by atoms with Crippen LogP contribution in [-0.2, 0) is 15.6 Å². The van der Waals surface area contributed by atoms with Crippen LogP contribution in [0.2, 0.25) is 18.1 Å². The second-order valence-corrected chi connectivity index (χ2v) is 14.4. The number of fused-ring (bicyclic) bond motifs is 1. The highest BCUT2D eigenvalue weighted by molar-refractivity contribution is 9.10. The Morgan fingerprint density at radius 1 is 1.29 bits per heavy atom. The van der Waals surface area contributed by atoms with E-state index in [4.69, 9.17) is 4.43 Å². The van der Waals surface area contributed by atoms with Crippen molar-refractivity contribution in [2.24, 2.45) is 5.92 Å². The number of rotatable bonds is 3. The largest absolute Gasteiger partial charge is 0.412 e. The molecule has 1 aromatic rings. The molecular formula is C19H28BrNO2Si. The molecule has 0 saturated heterocycles. The van der Waals surface area contributed by atoms with Crippen molar-refractivity contribution in [2.45, 2.75) is 64.3 Å². The van der Waals surface area contributed by atoms with Crippen molar-refractivity contribution in [1.29, 1.82) is 0 Å². The molecule has 1 aromatic carbocycles. The lowest BCUT2D eigenvalue weighted by Crippen LogP contribution is -2.51. The Balaban J connectivity index is 1.88. The highest BCUT2D eigenvalue weighted by Crippen LogP contribution is 2.41. The highest BCUT2D eigenvalue weighted by Gasteiger charge is 2.42. The van der Waals surface area contributed by atoms with Gasteiger partial charge >= 0.3 is 0 Å². The van der Waals surface area contributed by atoms with Crippen LogP contribution >= 0.6 is 15.9 Å². The molecule has 3 nitrogen and oxygen atoms in total. The van der Waals surface area contributed by atoms with Crippen LogP contribution in [0.3, 0.4) is 0 Å². The summed E-state index contributed by atoms with van der Waals surface area (Å²) in [5, 5.41) is 0.176. The van der Waals surface area contributed by atoms with Gasteiger partial charge in [-0.2, -0.15) is 0 Å². The van der Waals surface area contributed by atoms with Crippen molar-refractivity contribution in [3.8, 4) is 0 Å². The number of nitrogens with zero attached hydrogens (tertiary/aromatic N) is 1. The molecule has 132 valence electrons. The second kappa shape index (κ2) is 6.26. The maximum Gasteiger partial charge on any atom is 0.230 e. The SMILES string of the molecule is CC(C)(C)[Si](C)(C)OC1Cc2cc(Br)ccc2N(C(=O)C2CC2)C1. The van der Waals surface area contributed by atoms with Crippen molar-refractivity contribution in [3.05, 3.63) is 28.2 Å². The fourth-order valence-corrected chi connectivity index (χ4v) is 4.78. The number of anilines is 1. The van der Waals surface area contributed by atoms with E-state index in [1.807, 2.05) is 11.0 Å². The summed E-state index contributed by atoms with van der Waals surface area (Å²) in [7, 11) is -1.85. The van der Waals surface area contributed by atoms with Gasteiger partial charge in [0.05, 0.1) is 12.6 Å². The van der Waals surface area contributed by atoms with Gasteiger partial charge in [0.1, 0.15) is 0 Å². The molecule has 0 spiro atoms. The third-order valence-corrected chi connectivity index (χ3v) is 10.7. The molecule has 1 aliphatic heterocycles. The van der Waals surface area contributed by atoms with Gasteiger partial charge in [-0.1, -0.05) is 36.7 Å². The minimum Gasteiger partial charge on any atom is -0.412 e. The molecule has 24 heavy (non-hydrogen) atoms. The van der Waals surface area contributed by atoms with Crippen LogP contribution in [0.5, 0.6) is 0 Å². The maximum atomic E-state index is 12.8. The molecule has 0 bridgehead atoms. The monoisotopic (exact) mass is 409 g/mol. The number of amides is 1. The Kier molecular flexibility index (Phi) is 4.73. The number of benzene rings is 1. The van der Waals surface area contributed by atoms with E-state index < -0.39 is 8.32 Å². The van der Waals surface area contributed by atoms with E-state index in [-0.39, 0.29) is 23.0 Å². The standard InChI is InChI=1S/C19H28BrNO2Si/c1-19(2,3)24(4,5)23-16-11-14-10-15(20)8-9-17(14)21(12-16)18(22)13-6-7-13/h8-10,13,16H,6-7,11-12H2,1-5H3. The molecule has 5 heteroatoms. The molecule has 1 fully saturated rings. The van der Waals surface area contributed by atoms with Gasteiger partial charge in [-0.15, -0.1) is 0 Å². The summed E-state index contributed by atoms with van der Waals surface area (Å²) in [6.07, 6.45) is 3.05. The summed E-state index contributed by atoms with van der Waals surface area (Å²) < 4.78 is 7.71. The normalized spacial score (nSPS) is 21.6. The molecule has 1 amide bonds. The van der Waals surface area contributed by atoms with E-state index in [2.05, 4.69) is 61.9 Å². The zero-order valence-corrected chi connectivity index (χ0v) is 17.9. The first-order chi connectivity index (χ1) is 11.1. The topological polar surface area (TPSA) is 29.5 Å². The van der Waals surface area contributed by atoms with Gasteiger partial charge in [-0.05, 0) is 54.7 Å². The Labute approximate surface area is 155 Å². The predicted octanol–water partition coefficient (Wildman–Crippen LogP) is 5.14. The Bertz CT molecular complexity index is 649. The lowest BCUT2D eigenvalue weighted by atomic mass is 9.99. The molecule has 1 aliphatic carbocycles. The average molecular weight is 410 g/mol. The molecule has 0 N–H and O–H groups in total. The van der Waals surface area contributed by atoms with E-state index in [0.717, 1.165) is 29.4 Å². The lowest BCUT2D eigenvalue weighted by Gasteiger charge is -2.43. The molecule has 1 unspecified atom stereocenters. The fourth-order valence-electron chi connectivity index (χ4n) is 3.02. The van der Waals surface area contributed by atoms with Crippen molar-refractivity contribution < 1.29 is 9.22 Å². The number of hydrogen-bond acceptors (Lipinski definition) is 2. The third-order valence-electron chi connectivity index (χ3n) is 5.63. The quantitative estimate of drug-likeness (QED) is 0.646. The van der Waals surface area contributed by atoms with Crippen LogP contribution in [0, 0.1) is 5.92 Å². The van der Waals surface area contributed by atoms with Crippen molar-refractivity contribution in [2.75, 3.05) is 11.4 Å². The summed E-state index contributed by atoms with van der Waals surface area (Å²) in [5.74, 6) is 0.509. The smallest absolute Gasteiger partial charge is 0.230 e. The van der Waals surface area contributed by atoms with Crippen LogP contribution in [-0.4, -0.2) is 26.9 Å². The van der Waals surface area contributed by atoms with Crippen LogP contribution < -0.4 is 4.90 Å². The predicted molar refractivity (Wildman–Crippen MR) is 105 cm³/mol. The minimum atomic E-state index is -1.85. The zero-order chi connectivity index (χ0) is 17.7.